The summed E-state index contributed by atoms with van der Waals surface area (Å²) in [5, 5.41) is 10.7. The third-order valence-corrected chi connectivity index (χ3v) is 6.03. The van der Waals surface area contributed by atoms with E-state index in [0.29, 0.717) is 32.2 Å². The molecule has 1 N–H and O–H groups in total. The highest BCUT2D eigenvalue weighted by Gasteiger charge is 2.37. The molecule has 1 rings (SSSR count). The minimum atomic E-state index is -0.821. The Morgan fingerprint density at radius 3 is 2.43 bits per heavy atom. The van der Waals surface area contributed by atoms with E-state index in [4.69, 9.17) is 0 Å². The van der Waals surface area contributed by atoms with E-state index in [1.165, 1.54) is 18.4 Å². The van der Waals surface area contributed by atoms with Crippen LogP contribution in [0.2, 0.25) is 0 Å². The Balaban J connectivity index is 2.53. The first-order chi connectivity index (χ1) is 14.2. The molecule has 0 aliphatic carbocycles. The molecule has 7 nitrogen and oxygen atoms in total. The molecule has 0 aromatic carbocycles. The molecule has 7 heteroatoms. The van der Waals surface area contributed by atoms with Gasteiger partial charge in [0.2, 0.25) is 11.8 Å². The molecule has 2 unspecified atom stereocenters. The van der Waals surface area contributed by atoms with Crippen molar-refractivity contribution < 1.29 is 24.2 Å². The van der Waals surface area contributed by atoms with E-state index in [9.17, 15) is 19.5 Å². The molecule has 2 amide bonds. The van der Waals surface area contributed by atoms with Crippen molar-refractivity contribution in [3.8, 4) is 0 Å². The van der Waals surface area contributed by atoms with Gasteiger partial charge in [-0.3, -0.25) is 14.4 Å². The highest BCUT2D eigenvalue weighted by atomic mass is 16.5. The van der Waals surface area contributed by atoms with Gasteiger partial charge in [-0.25, -0.2) is 0 Å². The molecule has 1 aliphatic heterocycles. The summed E-state index contributed by atoms with van der Waals surface area (Å²) >= 11 is 0. The van der Waals surface area contributed by atoms with Gasteiger partial charge in [0.05, 0.1) is 19.3 Å². The number of esters is 1. The maximum Gasteiger partial charge on any atom is 0.305 e. The first-order valence-electron chi connectivity index (χ1n) is 11.6. The fourth-order valence-corrected chi connectivity index (χ4v) is 3.97. The number of likely N-dealkylation sites (N-methyl/N-ethyl adjacent to an activating group) is 1. The first-order valence-corrected chi connectivity index (χ1v) is 11.6. The number of ether oxygens (including phenoxy) is 1. The lowest BCUT2D eigenvalue weighted by Gasteiger charge is -2.40. The van der Waals surface area contributed by atoms with E-state index in [2.05, 4.69) is 11.7 Å². The molecule has 0 radical (unpaired) electrons. The molecule has 1 fully saturated rings. The van der Waals surface area contributed by atoms with Gasteiger partial charge in [-0.2, -0.15) is 0 Å². The summed E-state index contributed by atoms with van der Waals surface area (Å²) in [7, 11) is 3.06. The average molecular weight is 427 g/mol. The largest absolute Gasteiger partial charge is 0.469 e. The second-order valence-electron chi connectivity index (χ2n) is 8.88. The summed E-state index contributed by atoms with van der Waals surface area (Å²) in [5.74, 6) is -0.265. The Morgan fingerprint density at radius 1 is 1.10 bits per heavy atom. The van der Waals surface area contributed by atoms with Crippen LogP contribution in [-0.4, -0.2) is 71.6 Å². The number of unbranched alkanes of at least 4 members (excludes halogenated alkanes) is 6. The van der Waals surface area contributed by atoms with Gasteiger partial charge in [0.1, 0.15) is 6.04 Å². The molecule has 2 atom stereocenters. The van der Waals surface area contributed by atoms with Gasteiger partial charge in [-0.1, -0.05) is 51.9 Å². The van der Waals surface area contributed by atoms with Crippen LogP contribution in [0.5, 0.6) is 0 Å². The predicted octanol–water partition coefficient (Wildman–Crippen LogP) is 3.28. The van der Waals surface area contributed by atoms with E-state index in [1.807, 2.05) is 6.92 Å². The van der Waals surface area contributed by atoms with Crippen molar-refractivity contribution in [3.05, 3.63) is 0 Å². The number of amides is 2. The fourth-order valence-electron chi connectivity index (χ4n) is 3.97. The maximum atomic E-state index is 12.7. The molecule has 0 aromatic rings. The predicted molar refractivity (Wildman–Crippen MR) is 117 cm³/mol. The molecule has 1 saturated heterocycles. The van der Waals surface area contributed by atoms with E-state index >= 15 is 0 Å². The van der Waals surface area contributed by atoms with Gasteiger partial charge in [0.15, 0.2) is 0 Å². The number of aliphatic hydroxyl groups is 1. The van der Waals surface area contributed by atoms with Crippen molar-refractivity contribution >= 4 is 17.8 Å². The Kier molecular flexibility index (Phi) is 12.0. The zero-order chi connectivity index (χ0) is 22.6. The maximum absolute atomic E-state index is 12.7. The van der Waals surface area contributed by atoms with Crippen LogP contribution in [0.25, 0.3) is 0 Å². The number of rotatable bonds is 15. The van der Waals surface area contributed by atoms with Crippen LogP contribution in [0.4, 0.5) is 0 Å². The number of carbonyl (C=O) groups excluding carboxylic acids is 3. The Morgan fingerprint density at radius 2 is 1.77 bits per heavy atom. The van der Waals surface area contributed by atoms with Gasteiger partial charge < -0.3 is 19.6 Å². The Hall–Kier alpha value is -1.63. The molecule has 174 valence electrons. The summed E-state index contributed by atoms with van der Waals surface area (Å²) < 4.78 is 4.64. The summed E-state index contributed by atoms with van der Waals surface area (Å²) in [6.45, 7) is 4.50. The van der Waals surface area contributed by atoms with E-state index in [0.717, 1.165) is 44.9 Å². The smallest absolute Gasteiger partial charge is 0.305 e. The number of hydrogen-bond acceptors (Lipinski definition) is 5. The van der Waals surface area contributed by atoms with Crippen LogP contribution in [-0.2, 0) is 19.1 Å². The van der Waals surface area contributed by atoms with Crippen molar-refractivity contribution in [3.63, 3.8) is 0 Å². The number of methoxy groups -OCH3 is 1. The lowest BCUT2D eigenvalue weighted by Crippen LogP contribution is -2.59. The standard InChI is InChI=1S/C23H42N2O5/c1-5-6-7-12-15-23(2,29)16-17-25-19(22(28)24(3)18-20(25)26)13-10-8-9-11-14-21(27)30-4/h19,29H,5-18H2,1-4H3. The molecule has 0 aromatic heterocycles. The highest BCUT2D eigenvalue weighted by molar-refractivity contribution is 5.94. The normalized spacial score (nSPS) is 19.2. The molecular formula is C23H42N2O5. The van der Waals surface area contributed by atoms with Crippen molar-refractivity contribution in [2.24, 2.45) is 0 Å². The monoisotopic (exact) mass is 426 g/mol. The molecular weight excluding hydrogens is 384 g/mol. The lowest BCUT2D eigenvalue weighted by atomic mass is 9.93. The van der Waals surface area contributed by atoms with E-state index in [1.54, 1.807) is 11.9 Å². The van der Waals surface area contributed by atoms with Crippen LogP contribution in [0.1, 0.15) is 90.9 Å². The minimum Gasteiger partial charge on any atom is -0.469 e. The summed E-state index contributed by atoms with van der Waals surface area (Å²) in [4.78, 5) is 39.7. The third kappa shape index (κ3) is 9.45. The van der Waals surface area contributed by atoms with Crippen molar-refractivity contribution in [2.75, 3.05) is 27.2 Å². The van der Waals surface area contributed by atoms with Gasteiger partial charge in [0, 0.05) is 20.0 Å². The summed E-state index contributed by atoms with van der Waals surface area (Å²) in [6.07, 6.45) is 10.0. The zero-order valence-corrected chi connectivity index (χ0v) is 19.5. The van der Waals surface area contributed by atoms with Gasteiger partial charge in [-0.05, 0) is 32.6 Å². The molecule has 30 heavy (non-hydrogen) atoms. The Bertz CT molecular complexity index is 550. The second-order valence-corrected chi connectivity index (χ2v) is 8.88. The summed E-state index contributed by atoms with van der Waals surface area (Å²) in [6, 6.07) is -0.451. The molecule has 0 saturated carbocycles. The van der Waals surface area contributed by atoms with Crippen molar-refractivity contribution in [2.45, 2.75) is 103 Å². The van der Waals surface area contributed by atoms with Crippen LogP contribution >= 0.6 is 0 Å². The first kappa shape index (κ1) is 26.4. The average Bonchev–Trinajstić information content (AvgIpc) is 2.70. The lowest BCUT2D eigenvalue weighted by molar-refractivity contribution is -0.155. The molecule has 1 aliphatic rings. The number of nitrogens with zero attached hydrogens (tertiary/aromatic N) is 2. The van der Waals surface area contributed by atoms with Gasteiger partial charge in [-0.15, -0.1) is 0 Å². The molecule has 1 heterocycles. The molecule has 0 bridgehead atoms. The van der Waals surface area contributed by atoms with Crippen LogP contribution in [0, 0.1) is 0 Å². The van der Waals surface area contributed by atoms with Crippen LogP contribution in [0.3, 0.4) is 0 Å². The van der Waals surface area contributed by atoms with Crippen LogP contribution < -0.4 is 0 Å². The SMILES string of the molecule is CCCCCCC(C)(O)CCN1C(=O)CN(C)C(=O)C1CCCCCCC(=O)OC. The number of hydrogen-bond donors (Lipinski definition) is 1. The number of carbonyl (C=O) groups is 3. The third-order valence-electron chi connectivity index (χ3n) is 6.03. The van der Waals surface area contributed by atoms with E-state index < -0.39 is 11.6 Å². The topological polar surface area (TPSA) is 87.2 Å². The molecule has 0 spiro atoms. The van der Waals surface area contributed by atoms with Crippen molar-refractivity contribution in [1.82, 2.24) is 9.80 Å². The second kappa shape index (κ2) is 13.6. The Labute approximate surface area is 182 Å². The summed E-state index contributed by atoms with van der Waals surface area (Å²) in [5.41, 5.74) is -0.821. The number of piperazine rings is 1. The fraction of sp³-hybridized carbons (Fsp3) is 0.870. The van der Waals surface area contributed by atoms with E-state index in [-0.39, 0.29) is 24.3 Å². The zero-order valence-electron chi connectivity index (χ0n) is 19.5. The minimum absolute atomic E-state index is 0.0215. The quantitative estimate of drug-likeness (QED) is 0.321. The van der Waals surface area contributed by atoms with Gasteiger partial charge in [0.25, 0.3) is 0 Å². The van der Waals surface area contributed by atoms with Crippen molar-refractivity contribution in [1.29, 1.82) is 0 Å². The van der Waals surface area contributed by atoms with Gasteiger partial charge >= 0.3 is 5.97 Å². The van der Waals surface area contributed by atoms with Crippen LogP contribution in [0.15, 0.2) is 0 Å². The highest BCUT2D eigenvalue weighted by Crippen LogP contribution is 2.23.